The topological polar surface area (TPSA) is 146 Å². The van der Waals surface area contributed by atoms with Crippen molar-refractivity contribution in [2.45, 2.75) is 24.5 Å². The Morgan fingerprint density at radius 3 is 1.97 bits per heavy atom. The van der Waals surface area contributed by atoms with Gasteiger partial charge in [-0.05, 0) is 18.6 Å². The summed E-state index contributed by atoms with van der Waals surface area (Å²) in [5.74, 6) is -5.33. The predicted octanol–water partition coefficient (Wildman–Crippen LogP) is 2.88. The Kier molecular flexibility index (Phi) is 7.44. The summed E-state index contributed by atoms with van der Waals surface area (Å²) in [4.78, 5) is 29.4. The van der Waals surface area contributed by atoms with Gasteiger partial charge in [-0.1, -0.05) is 12.1 Å². The summed E-state index contributed by atoms with van der Waals surface area (Å²) in [6.07, 6.45) is -10.8. The molecule has 0 aliphatic heterocycles. The number of alkyl halides is 6. The minimum Gasteiger partial charge on any atom is -0.465 e. The van der Waals surface area contributed by atoms with Crippen molar-refractivity contribution in [2.75, 3.05) is 12.4 Å². The molecular weight excluding hydrogens is 506 g/mol. The molecule has 0 aliphatic carbocycles. The van der Waals surface area contributed by atoms with Gasteiger partial charge in [0.25, 0.3) is 10.0 Å². The number of carbonyl (C=O) groups excluding carboxylic acids is 2. The first-order chi connectivity index (χ1) is 15.5. The molecule has 0 aliphatic rings. The highest BCUT2D eigenvalue weighted by atomic mass is 32.2. The van der Waals surface area contributed by atoms with Gasteiger partial charge in [0.05, 0.1) is 18.7 Å². The van der Waals surface area contributed by atoms with E-state index >= 15 is 0 Å². The zero-order valence-electron chi connectivity index (χ0n) is 16.7. The van der Waals surface area contributed by atoms with Crippen LogP contribution in [-0.2, 0) is 14.8 Å². The monoisotopic (exact) mass is 518 g/mol. The second kappa shape index (κ2) is 9.57. The maximum atomic E-state index is 12.6. The number of urea groups is 1. The van der Waals surface area contributed by atoms with Crippen molar-refractivity contribution < 1.29 is 58.6 Å². The largest absolute Gasteiger partial charge is 0.574 e. The third kappa shape index (κ3) is 7.36. The van der Waals surface area contributed by atoms with Crippen molar-refractivity contribution in [1.82, 2.24) is 14.7 Å². The normalized spacial score (nSPS) is 12.0. The molecule has 11 nitrogen and oxygen atoms in total. The number of amides is 2. The number of methoxy groups -OCH3 is 1. The van der Waals surface area contributed by atoms with Crippen LogP contribution in [0.2, 0.25) is 0 Å². The highest BCUT2D eigenvalue weighted by Crippen LogP contribution is 2.28. The number of ether oxygens (including phenoxy) is 3. The number of hydrogen-bond donors (Lipinski definition) is 2. The van der Waals surface area contributed by atoms with E-state index in [-0.39, 0.29) is 11.6 Å². The van der Waals surface area contributed by atoms with E-state index in [1.54, 1.807) is 0 Å². The number of esters is 1. The van der Waals surface area contributed by atoms with E-state index in [2.05, 4.69) is 24.2 Å². The number of nitrogens with one attached hydrogen (secondary N) is 2. The van der Waals surface area contributed by atoms with Gasteiger partial charge in [0, 0.05) is 0 Å². The fraction of sp³-hybridized carbons (Fsp3) is 0.250. The second-order valence-electron chi connectivity index (χ2n) is 5.97. The zero-order chi connectivity index (χ0) is 25.9. The number of sulfonamides is 1. The van der Waals surface area contributed by atoms with Crippen molar-refractivity contribution in [2.24, 2.45) is 0 Å². The van der Waals surface area contributed by atoms with Gasteiger partial charge in [0.1, 0.15) is 4.90 Å². The summed E-state index contributed by atoms with van der Waals surface area (Å²) in [6, 6.07) is 1.99. The highest BCUT2D eigenvalue weighted by Gasteiger charge is 2.35. The number of aryl methyl sites for hydroxylation is 1. The average Bonchev–Trinajstić information content (AvgIpc) is 2.63. The van der Waals surface area contributed by atoms with Gasteiger partial charge < -0.3 is 14.2 Å². The number of anilines is 1. The molecule has 1 heterocycles. The lowest BCUT2D eigenvalue weighted by atomic mass is 10.1. The maximum Gasteiger partial charge on any atom is 0.574 e. The maximum absolute atomic E-state index is 12.6. The molecule has 0 spiro atoms. The number of rotatable bonds is 6. The van der Waals surface area contributed by atoms with Crippen molar-refractivity contribution in [3.63, 3.8) is 0 Å². The number of nitrogens with zero attached hydrogens (tertiary/aromatic N) is 2. The first-order valence-corrected chi connectivity index (χ1v) is 9.91. The SMILES string of the molecule is COC(=O)c1cccc(C)c1S(=O)(=O)NC(=O)Nc1nc(OC(F)(F)F)cc(OC(F)(F)F)n1. The molecule has 2 rings (SSSR count). The predicted molar refractivity (Wildman–Crippen MR) is 97.3 cm³/mol. The molecule has 18 heteroatoms. The van der Waals surface area contributed by atoms with Gasteiger partial charge in [-0.25, -0.2) is 22.7 Å². The molecule has 2 aromatic rings. The van der Waals surface area contributed by atoms with Gasteiger partial charge in [0.2, 0.25) is 17.7 Å². The summed E-state index contributed by atoms with van der Waals surface area (Å²) in [5.41, 5.74) is -0.457. The van der Waals surface area contributed by atoms with Crippen LogP contribution in [0.5, 0.6) is 11.8 Å². The van der Waals surface area contributed by atoms with Gasteiger partial charge in [-0.15, -0.1) is 26.3 Å². The lowest BCUT2D eigenvalue weighted by Gasteiger charge is -2.14. The van der Waals surface area contributed by atoms with Crippen LogP contribution in [0.3, 0.4) is 0 Å². The highest BCUT2D eigenvalue weighted by molar-refractivity contribution is 7.90. The number of halogens is 6. The minimum atomic E-state index is -5.39. The number of carbonyl (C=O) groups is 2. The fourth-order valence-electron chi connectivity index (χ4n) is 2.38. The van der Waals surface area contributed by atoms with Crippen LogP contribution in [-0.4, -0.2) is 50.2 Å². The van der Waals surface area contributed by atoms with E-state index in [0.717, 1.165) is 13.2 Å². The van der Waals surface area contributed by atoms with Gasteiger partial charge >= 0.3 is 24.7 Å². The van der Waals surface area contributed by atoms with Crippen molar-refractivity contribution in [1.29, 1.82) is 0 Å². The standard InChI is InChI=1S/C16H12F6N4O7S/c1-7-4-3-5-8(12(27)31-2)11(7)34(29,30)26-14(28)25-13-23-9(32-15(17,18)19)6-10(24-13)33-16(20,21)22/h3-6H,1-2H3,(H2,23,24,25,26,28). The Morgan fingerprint density at radius 2 is 1.50 bits per heavy atom. The van der Waals surface area contributed by atoms with Crippen LogP contribution in [0.4, 0.5) is 37.1 Å². The average molecular weight is 518 g/mol. The van der Waals surface area contributed by atoms with Gasteiger partial charge in [-0.3, -0.25) is 5.32 Å². The molecule has 2 N–H and O–H groups in total. The molecule has 0 bridgehead atoms. The van der Waals surface area contributed by atoms with E-state index < -0.39 is 62.9 Å². The molecular formula is C16H12F6N4O7S. The van der Waals surface area contributed by atoms with Crippen molar-refractivity contribution in [3.8, 4) is 11.8 Å². The molecule has 34 heavy (non-hydrogen) atoms. The van der Waals surface area contributed by atoms with Crippen LogP contribution >= 0.6 is 0 Å². The van der Waals surface area contributed by atoms with E-state index in [1.807, 2.05) is 0 Å². The summed E-state index contributed by atoms with van der Waals surface area (Å²) >= 11 is 0. The third-order valence-corrected chi connectivity index (χ3v) is 4.99. The van der Waals surface area contributed by atoms with E-state index in [9.17, 15) is 44.3 Å². The molecule has 0 radical (unpaired) electrons. The van der Waals surface area contributed by atoms with Gasteiger partial charge in [0.15, 0.2) is 0 Å². The Labute approximate surface area is 186 Å². The molecule has 0 saturated heterocycles. The van der Waals surface area contributed by atoms with E-state index in [4.69, 9.17) is 0 Å². The number of hydrogen-bond acceptors (Lipinski definition) is 9. The van der Waals surface area contributed by atoms with Crippen LogP contribution in [0.1, 0.15) is 15.9 Å². The Balaban J connectivity index is 2.36. The molecule has 0 saturated carbocycles. The summed E-state index contributed by atoms with van der Waals surface area (Å²) < 4.78 is 112. The first-order valence-electron chi connectivity index (χ1n) is 8.43. The molecule has 2 amide bonds. The molecule has 186 valence electrons. The quantitative estimate of drug-likeness (QED) is 0.435. The molecule has 1 aromatic carbocycles. The van der Waals surface area contributed by atoms with E-state index in [0.29, 0.717) is 0 Å². The summed E-state index contributed by atoms with van der Waals surface area (Å²) in [7, 11) is -3.85. The zero-order valence-corrected chi connectivity index (χ0v) is 17.6. The lowest BCUT2D eigenvalue weighted by Crippen LogP contribution is -2.36. The van der Waals surface area contributed by atoms with Crippen LogP contribution in [0.25, 0.3) is 0 Å². The van der Waals surface area contributed by atoms with Crippen LogP contribution in [0.15, 0.2) is 29.2 Å². The minimum absolute atomic E-state index is 0.000822. The molecule has 1 aromatic heterocycles. The Bertz CT molecular complexity index is 1170. The molecule has 0 fully saturated rings. The van der Waals surface area contributed by atoms with Crippen molar-refractivity contribution in [3.05, 3.63) is 35.4 Å². The number of benzene rings is 1. The van der Waals surface area contributed by atoms with Crippen LogP contribution in [0, 0.1) is 6.92 Å². The molecule has 0 atom stereocenters. The van der Waals surface area contributed by atoms with E-state index in [1.165, 1.54) is 29.1 Å². The molecule has 0 unspecified atom stereocenters. The Morgan fingerprint density at radius 1 is 0.971 bits per heavy atom. The van der Waals surface area contributed by atoms with Crippen molar-refractivity contribution >= 4 is 28.0 Å². The lowest BCUT2D eigenvalue weighted by molar-refractivity contribution is -0.278. The summed E-state index contributed by atoms with van der Waals surface area (Å²) in [5, 5.41) is 1.54. The Hall–Kier alpha value is -3.83. The second-order valence-corrected chi connectivity index (χ2v) is 7.59. The number of aromatic nitrogens is 2. The fourth-order valence-corrected chi connectivity index (χ4v) is 3.71. The van der Waals surface area contributed by atoms with Gasteiger partial charge in [-0.2, -0.15) is 9.97 Å². The first kappa shape index (κ1) is 26.4. The van der Waals surface area contributed by atoms with Crippen LogP contribution < -0.4 is 19.5 Å². The summed E-state index contributed by atoms with van der Waals surface area (Å²) in [6.45, 7) is 1.28. The third-order valence-electron chi connectivity index (χ3n) is 3.46. The smallest absolute Gasteiger partial charge is 0.465 e.